The number of benzene rings is 2. The van der Waals surface area contributed by atoms with Crippen molar-refractivity contribution in [2.75, 3.05) is 0 Å². The van der Waals surface area contributed by atoms with E-state index < -0.39 is 0 Å². The van der Waals surface area contributed by atoms with E-state index in [0.29, 0.717) is 12.0 Å². The van der Waals surface area contributed by atoms with Crippen LogP contribution < -0.4 is 10.5 Å². The summed E-state index contributed by atoms with van der Waals surface area (Å²) in [5, 5.41) is 0.0987. The van der Waals surface area contributed by atoms with E-state index in [0.717, 1.165) is 35.5 Å². The molecule has 0 saturated carbocycles. The molecule has 1 unspecified atom stereocenters. The average Bonchev–Trinajstić information content (AvgIpc) is 2.76. The third kappa shape index (κ3) is 8.01. The van der Waals surface area contributed by atoms with Crippen molar-refractivity contribution in [3.63, 3.8) is 0 Å². The average molecular weight is 442 g/mol. The third-order valence-electron chi connectivity index (χ3n) is 5.88. The van der Waals surface area contributed by atoms with Crippen molar-refractivity contribution in [2.45, 2.75) is 90.2 Å². The number of carbonyl (C=O) groups is 1. The minimum Gasteiger partial charge on any atom is -0.485 e. The molecule has 170 valence electrons. The Morgan fingerprint density at radius 2 is 1.97 bits per heavy atom. The molecular weight excluding hydrogens is 402 g/mol. The zero-order chi connectivity index (χ0) is 22.8. The zero-order valence-electron chi connectivity index (χ0n) is 19.8. The van der Waals surface area contributed by atoms with Gasteiger partial charge in [0, 0.05) is 17.9 Å². The number of fused-ring (bicyclic) bond motifs is 1. The predicted molar refractivity (Wildman–Crippen MR) is 133 cm³/mol. The van der Waals surface area contributed by atoms with Crippen LogP contribution in [0.25, 0.3) is 0 Å². The molecule has 1 aliphatic rings. The van der Waals surface area contributed by atoms with E-state index in [2.05, 4.69) is 45.0 Å². The fraction of sp³-hybridized carbons (Fsp3) is 0.519. The Morgan fingerprint density at radius 1 is 1.23 bits per heavy atom. The van der Waals surface area contributed by atoms with Gasteiger partial charge >= 0.3 is 0 Å². The molecule has 3 nitrogen and oxygen atoms in total. The smallest absolute Gasteiger partial charge is 0.190 e. The number of aryl methyl sites for hydroxylation is 2. The fourth-order valence-corrected chi connectivity index (χ4v) is 4.51. The molecule has 2 aromatic rings. The Morgan fingerprint density at radius 3 is 2.65 bits per heavy atom. The Kier molecular flexibility index (Phi) is 10.6. The van der Waals surface area contributed by atoms with Gasteiger partial charge in [-0.15, -0.1) is 0 Å². The summed E-state index contributed by atoms with van der Waals surface area (Å²) in [4.78, 5) is 12.4. The van der Waals surface area contributed by atoms with Crippen LogP contribution in [0.2, 0.25) is 0 Å². The number of nitrogens with two attached hydrogens (primary N) is 1. The molecule has 2 aromatic carbocycles. The summed E-state index contributed by atoms with van der Waals surface area (Å²) in [5.74, 6) is 1.32. The molecule has 0 amide bonds. The SMILES string of the molecule is CC(=O)Sc1cc(O[C@H]2c3ccccc3CCC2C)ccc1C.CCCC[C@H](N)CC. The summed E-state index contributed by atoms with van der Waals surface area (Å²) >= 11 is 1.27. The maximum atomic E-state index is 11.4. The van der Waals surface area contributed by atoms with Crippen LogP contribution in [0.4, 0.5) is 0 Å². The van der Waals surface area contributed by atoms with Crippen LogP contribution in [-0.2, 0) is 11.2 Å². The van der Waals surface area contributed by atoms with Gasteiger partial charge in [-0.1, -0.05) is 75.7 Å². The van der Waals surface area contributed by atoms with E-state index >= 15 is 0 Å². The third-order valence-corrected chi connectivity index (χ3v) is 6.82. The number of hydrogen-bond donors (Lipinski definition) is 1. The first-order valence-electron chi connectivity index (χ1n) is 11.6. The zero-order valence-corrected chi connectivity index (χ0v) is 20.6. The molecule has 1 aliphatic carbocycles. The lowest BCUT2D eigenvalue weighted by atomic mass is 9.82. The van der Waals surface area contributed by atoms with Crippen molar-refractivity contribution in [3.05, 3.63) is 59.2 Å². The number of carbonyl (C=O) groups excluding carboxylic acids is 1. The molecule has 3 rings (SSSR count). The number of ether oxygens (including phenoxy) is 1. The van der Waals surface area contributed by atoms with Crippen LogP contribution in [0.5, 0.6) is 5.75 Å². The van der Waals surface area contributed by atoms with Crippen molar-refractivity contribution in [1.82, 2.24) is 0 Å². The molecule has 0 saturated heterocycles. The van der Waals surface area contributed by atoms with E-state index in [9.17, 15) is 4.79 Å². The van der Waals surface area contributed by atoms with E-state index in [4.69, 9.17) is 10.5 Å². The predicted octanol–water partition coefficient (Wildman–Crippen LogP) is 7.25. The largest absolute Gasteiger partial charge is 0.485 e. The molecule has 0 aromatic heterocycles. The Bertz CT molecular complexity index is 836. The number of thioether (sulfide) groups is 1. The maximum Gasteiger partial charge on any atom is 0.190 e. The number of hydrogen-bond acceptors (Lipinski definition) is 4. The van der Waals surface area contributed by atoms with Crippen molar-refractivity contribution in [1.29, 1.82) is 0 Å². The van der Waals surface area contributed by atoms with E-state index in [1.54, 1.807) is 6.92 Å². The van der Waals surface area contributed by atoms with Crippen molar-refractivity contribution in [2.24, 2.45) is 11.7 Å². The molecular formula is C27H39NO2S. The van der Waals surface area contributed by atoms with Gasteiger partial charge in [0.2, 0.25) is 0 Å². The molecule has 0 bridgehead atoms. The summed E-state index contributed by atoms with van der Waals surface area (Å²) in [6.45, 7) is 10.2. The first kappa shape index (κ1) is 25.5. The summed E-state index contributed by atoms with van der Waals surface area (Å²) in [7, 11) is 0. The monoisotopic (exact) mass is 441 g/mol. The molecule has 31 heavy (non-hydrogen) atoms. The Hall–Kier alpha value is -1.78. The van der Waals surface area contributed by atoms with E-state index in [-0.39, 0.29) is 11.2 Å². The molecule has 0 heterocycles. The van der Waals surface area contributed by atoms with Crippen LogP contribution in [0.15, 0.2) is 47.4 Å². The first-order valence-corrected chi connectivity index (χ1v) is 12.5. The lowest BCUT2D eigenvalue weighted by Crippen LogP contribution is -2.23. The van der Waals surface area contributed by atoms with Gasteiger partial charge in [0.15, 0.2) is 5.12 Å². The van der Waals surface area contributed by atoms with Gasteiger partial charge in [-0.25, -0.2) is 0 Å². The second-order valence-electron chi connectivity index (χ2n) is 8.58. The standard InChI is InChI=1S/C20H22O2S.C7H17N/c1-13-9-11-17(12-19(13)23-15(3)21)22-20-14(2)8-10-16-6-4-5-7-18(16)20;1-3-5-6-7(8)4-2/h4-7,9,11-12,14,20H,8,10H2,1-3H3;7H,3-6,8H2,1-2H3/t14?,20-;7-/m11/s1. The Balaban J connectivity index is 0.000000366. The molecule has 4 heteroatoms. The van der Waals surface area contributed by atoms with Gasteiger partial charge < -0.3 is 10.5 Å². The van der Waals surface area contributed by atoms with Crippen LogP contribution >= 0.6 is 11.8 Å². The van der Waals surface area contributed by atoms with Crippen LogP contribution in [0.1, 0.15) is 82.6 Å². The van der Waals surface area contributed by atoms with Crippen molar-refractivity contribution in [3.8, 4) is 5.75 Å². The lowest BCUT2D eigenvalue weighted by Gasteiger charge is -2.32. The van der Waals surface area contributed by atoms with Crippen LogP contribution in [-0.4, -0.2) is 11.2 Å². The molecule has 0 aliphatic heterocycles. The minimum atomic E-state index is 0.0813. The normalized spacial score (nSPS) is 18.4. The molecule has 0 spiro atoms. The maximum absolute atomic E-state index is 11.4. The first-order chi connectivity index (χ1) is 14.8. The van der Waals surface area contributed by atoms with E-state index in [1.165, 1.54) is 42.2 Å². The quantitative estimate of drug-likeness (QED) is 0.460. The van der Waals surface area contributed by atoms with Crippen molar-refractivity contribution >= 4 is 16.9 Å². The summed E-state index contributed by atoms with van der Waals surface area (Å²) in [6, 6.07) is 15.0. The summed E-state index contributed by atoms with van der Waals surface area (Å²) in [6.07, 6.45) is 7.23. The van der Waals surface area contributed by atoms with Gasteiger partial charge in [0.25, 0.3) is 0 Å². The number of rotatable bonds is 7. The summed E-state index contributed by atoms with van der Waals surface area (Å²) < 4.78 is 6.35. The van der Waals surface area contributed by atoms with Crippen LogP contribution in [0.3, 0.4) is 0 Å². The highest BCUT2D eigenvalue weighted by atomic mass is 32.2. The second kappa shape index (κ2) is 12.9. The lowest BCUT2D eigenvalue weighted by molar-refractivity contribution is -0.109. The van der Waals surface area contributed by atoms with Gasteiger partial charge in [-0.2, -0.15) is 0 Å². The Labute approximate surface area is 193 Å². The fourth-order valence-electron chi connectivity index (χ4n) is 3.80. The number of unbranched alkanes of at least 4 members (excludes halogenated alkanes) is 1. The molecule has 0 fully saturated rings. The highest BCUT2D eigenvalue weighted by molar-refractivity contribution is 8.13. The minimum absolute atomic E-state index is 0.0813. The van der Waals surface area contributed by atoms with Gasteiger partial charge in [0.05, 0.1) is 0 Å². The van der Waals surface area contributed by atoms with Gasteiger partial charge in [-0.05, 0) is 67.3 Å². The van der Waals surface area contributed by atoms with Gasteiger partial charge in [-0.3, -0.25) is 4.79 Å². The second-order valence-corrected chi connectivity index (χ2v) is 9.80. The van der Waals surface area contributed by atoms with Crippen molar-refractivity contribution < 1.29 is 9.53 Å². The van der Waals surface area contributed by atoms with E-state index in [1.807, 2.05) is 25.1 Å². The van der Waals surface area contributed by atoms with Crippen LogP contribution in [0, 0.1) is 12.8 Å². The van der Waals surface area contributed by atoms with Gasteiger partial charge in [0.1, 0.15) is 11.9 Å². The topological polar surface area (TPSA) is 52.3 Å². The highest BCUT2D eigenvalue weighted by Crippen LogP contribution is 2.38. The highest BCUT2D eigenvalue weighted by Gasteiger charge is 2.28. The molecule has 0 radical (unpaired) electrons. The molecule has 3 atom stereocenters. The molecule has 2 N–H and O–H groups in total. The summed E-state index contributed by atoms with van der Waals surface area (Å²) in [5.41, 5.74) is 9.45.